The van der Waals surface area contributed by atoms with E-state index in [2.05, 4.69) is 82.1 Å². The molecule has 0 spiro atoms. The first-order valence-electron chi connectivity index (χ1n) is 10.2. The van der Waals surface area contributed by atoms with Gasteiger partial charge in [-0.2, -0.15) is 0 Å². The maximum Gasteiger partial charge on any atom is 0.134 e. The summed E-state index contributed by atoms with van der Waals surface area (Å²) in [5.41, 5.74) is 8.46. The van der Waals surface area contributed by atoms with Crippen molar-refractivity contribution in [3.63, 3.8) is 0 Å². The van der Waals surface area contributed by atoms with E-state index in [4.69, 9.17) is 9.97 Å². The lowest BCUT2D eigenvalue weighted by Crippen LogP contribution is -2.15. The van der Waals surface area contributed by atoms with Crippen LogP contribution >= 0.6 is 0 Å². The molecule has 1 unspecified atom stereocenters. The van der Waals surface area contributed by atoms with Crippen LogP contribution in [-0.4, -0.2) is 15.0 Å². The van der Waals surface area contributed by atoms with Gasteiger partial charge in [0.2, 0.25) is 0 Å². The van der Waals surface area contributed by atoms with Crippen LogP contribution in [0, 0.1) is 13.8 Å². The standard InChI is InChI=1S/C26H25N3/c1-15-7-6-8-16(2)23(15)18-10-9-17-19-11-12-22-21(24(19)27-13-20(17)18)14-28-25(29-22)26(3,4)5/h6-14,18H,1-5H3. The summed E-state index contributed by atoms with van der Waals surface area (Å²) in [4.78, 5) is 14.3. The first kappa shape index (κ1) is 18.0. The molecule has 2 heterocycles. The van der Waals surface area contributed by atoms with Gasteiger partial charge in [-0.05, 0) is 47.7 Å². The first-order chi connectivity index (χ1) is 13.8. The molecule has 0 bridgehead atoms. The molecule has 2 aromatic carbocycles. The number of rotatable bonds is 1. The zero-order valence-electron chi connectivity index (χ0n) is 17.6. The first-order valence-corrected chi connectivity index (χ1v) is 10.2. The third-order valence-electron chi connectivity index (χ3n) is 5.98. The molecule has 4 aromatic rings. The Labute approximate surface area is 171 Å². The van der Waals surface area contributed by atoms with Crippen LogP contribution in [0.5, 0.6) is 0 Å². The second-order valence-corrected chi connectivity index (χ2v) is 9.11. The molecule has 5 rings (SSSR count). The Hall–Kier alpha value is -3.07. The van der Waals surface area contributed by atoms with Crippen molar-refractivity contribution in [2.24, 2.45) is 0 Å². The van der Waals surface area contributed by atoms with Gasteiger partial charge in [0.05, 0.1) is 11.0 Å². The average molecular weight is 380 g/mol. The SMILES string of the molecule is Cc1cccc(C)c1C1C=Cc2c1cnc1c2ccc2nc(C(C)(C)C)ncc21. The van der Waals surface area contributed by atoms with E-state index >= 15 is 0 Å². The van der Waals surface area contributed by atoms with Gasteiger partial charge in [0.25, 0.3) is 0 Å². The highest BCUT2D eigenvalue weighted by Gasteiger charge is 2.25. The van der Waals surface area contributed by atoms with E-state index in [1.807, 2.05) is 12.4 Å². The van der Waals surface area contributed by atoms with Crippen molar-refractivity contribution in [2.75, 3.05) is 0 Å². The van der Waals surface area contributed by atoms with Gasteiger partial charge in [-0.3, -0.25) is 4.98 Å². The minimum absolute atomic E-state index is 0.0735. The van der Waals surface area contributed by atoms with Crippen LogP contribution in [0.25, 0.3) is 27.9 Å². The van der Waals surface area contributed by atoms with Crippen LogP contribution in [0.15, 0.2) is 48.8 Å². The highest BCUT2D eigenvalue weighted by molar-refractivity contribution is 6.07. The number of nitrogens with zero attached hydrogens (tertiary/aromatic N) is 3. The van der Waals surface area contributed by atoms with Crippen LogP contribution in [0.1, 0.15) is 60.3 Å². The van der Waals surface area contributed by atoms with Crippen molar-refractivity contribution in [3.05, 3.63) is 82.4 Å². The predicted molar refractivity (Wildman–Crippen MR) is 120 cm³/mol. The van der Waals surface area contributed by atoms with Gasteiger partial charge < -0.3 is 0 Å². The zero-order chi connectivity index (χ0) is 20.3. The number of aryl methyl sites for hydroxylation is 2. The van der Waals surface area contributed by atoms with E-state index in [1.165, 1.54) is 33.2 Å². The van der Waals surface area contributed by atoms with Gasteiger partial charge in [0.1, 0.15) is 5.82 Å². The fourth-order valence-corrected chi connectivity index (χ4v) is 4.47. The molecule has 0 saturated heterocycles. The maximum atomic E-state index is 4.89. The Balaban J connectivity index is 1.70. The molecule has 144 valence electrons. The second kappa shape index (κ2) is 6.21. The van der Waals surface area contributed by atoms with Gasteiger partial charge >= 0.3 is 0 Å². The Morgan fingerprint density at radius 3 is 2.34 bits per heavy atom. The van der Waals surface area contributed by atoms with Gasteiger partial charge in [-0.15, -0.1) is 0 Å². The molecule has 0 saturated carbocycles. The summed E-state index contributed by atoms with van der Waals surface area (Å²) in [5.74, 6) is 1.12. The van der Waals surface area contributed by atoms with Gasteiger partial charge in [0.15, 0.2) is 0 Å². The molecule has 0 amide bonds. The van der Waals surface area contributed by atoms with E-state index in [0.717, 1.165) is 22.2 Å². The maximum absolute atomic E-state index is 4.89. The number of hydrogen-bond acceptors (Lipinski definition) is 3. The highest BCUT2D eigenvalue weighted by atomic mass is 14.9. The average Bonchev–Trinajstić information content (AvgIpc) is 3.10. The summed E-state index contributed by atoms with van der Waals surface area (Å²) in [6.07, 6.45) is 8.55. The third kappa shape index (κ3) is 2.76. The van der Waals surface area contributed by atoms with Gasteiger partial charge in [-0.1, -0.05) is 57.2 Å². The van der Waals surface area contributed by atoms with Crippen LogP contribution in [0.3, 0.4) is 0 Å². The fraction of sp³-hybridized carbons (Fsp3) is 0.269. The number of benzene rings is 2. The summed E-state index contributed by atoms with van der Waals surface area (Å²) in [7, 11) is 0. The molecule has 3 nitrogen and oxygen atoms in total. The van der Waals surface area contributed by atoms with E-state index in [9.17, 15) is 0 Å². The number of aromatic nitrogens is 3. The van der Waals surface area contributed by atoms with E-state index in [-0.39, 0.29) is 11.3 Å². The molecular weight excluding hydrogens is 354 g/mol. The van der Waals surface area contributed by atoms with Crippen LogP contribution in [0.2, 0.25) is 0 Å². The van der Waals surface area contributed by atoms with Gasteiger partial charge in [-0.25, -0.2) is 9.97 Å². The smallest absolute Gasteiger partial charge is 0.134 e. The van der Waals surface area contributed by atoms with Crippen LogP contribution in [-0.2, 0) is 5.41 Å². The summed E-state index contributed by atoms with van der Waals surface area (Å²) >= 11 is 0. The molecule has 29 heavy (non-hydrogen) atoms. The number of allylic oxidation sites excluding steroid dienone is 1. The molecule has 0 fully saturated rings. The van der Waals surface area contributed by atoms with Crippen molar-refractivity contribution in [3.8, 4) is 0 Å². The number of fused-ring (bicyclic) bond motifs is 5. The van der Waals surface area contributed by atoms with Crippen molar-refractivity contribution in [2.45, 2.75) is 46.0 Å². The largest absolute Gasteiger partial charge is 0.255 e. The molecule has 1 atom stereocenters. The van der Waals surface area contributed by atoms with E-state index in [1.54, 1.807) is 0 Å². The number of hydrogen-bond donors (Lipinski definition) is 0. The molecule has 3 heteroatoms. The minimum Gasteiger partial charge on any atom is -0.255 e. The van der Waals surface area contributed by atoms with E-state index < -0.39 is 0 Å². The molecular formula is C26H25N3. The third-order valence-corrected chi connectivity index (χ3v) is 5.98. The lowest BCUT2D eigenvalue weighted by atomic mass is 9.87. The monoisotopic (exact) mass is 379 g/mol. The summed E-state index contributed by atoms with van der Waals surface area (Å²) in [6, 6.07) is 10.8. The molecule has 1 aliphatic carbocycles. The lowest BCUT2D eigenvalue weighted by Gasteiger charge is -2.18. The molecule has 0 radical (unpaired) electrons. The number of pyridine rings is 1. The summed E-state index contributed by atoms with van der Waals surface area (Å²) in [6.45, 7) is 10.8. The predicted octanol–water partition coefficient (Wildman–Crippen LogP) is 6.25. The minimum atomic E-state index is -0.0735. The van der Waals surface area contributed by atoms with E-state index in [0.29, 0.717) is 0 Å². The molecule has 0 aliphatic heterocycles. The Kier molecular flexibility index (Phi) is 3.86. The normalized spacial score (nSPS) is 16.0. The highest BCUT2D eigenvalue weighted by Crippen LogP contribution is 2.41. The second-order valence-electron chi connectivity index (χ2n) is 9.11. The van der Waals surface area contributed by atoms with Crippen molar-refractivity contribution in [1.29, 1.82) is 0 Å². The van der Waals surface area contributed by atoms with Crippen LogP contribution < -0.4 is 0 Å². The topological polar surface area (TPSA) is 38.7 Å². The lowest BCUT2D eigenvalue weighted by molar-refractivity contribution is 0.548. The zero-order valence-corrected chi connectivity index (χ0v) is 17.6. The molecule has 0 N–H and O–H groups in total. The Morgan fingerprint density at radius 2 is 1.62 bits per heavy atom. The van der Waals surface area contributed by atoms with Gasteiger partial charge in [0, 0.05) is 34.5 Å². The van der Waals surface area contributed by atoms with Crippen molar-refractivity contribution in [1.82, 2.24) is 15.0 Å². The van der Waals surface area contributed by atoms with Crippen LogP contribution in [0.4, 0.5) is 0 Å². The Morgan fingerprint density at radius 1 is 0.862 bits per heavy atom. The Bertz CT molecular complexity index is 1290. The van der Waals surface area contributed by atoms with Crippen molar-refractivity contribution < 1.29 is 0 Å². The molecule has 1 aliphatic rings. The fourth-order valence-electron chi connectivity index (χ4n) is 4.47. The summed E-state index contributed by atoms with van der Waals surface area (Å²) < 4.78 is 0. The molecule has 2 aromatic heterocycles. The van der Waals surface area contributed by atoms with Crippen molar-refractivity contribution >= 4 is 27.9 Å². The quantitative estimate of drug-likeness (QED) is 0.367. The summed E-state index contributed by atoms with van der Waals surface area (Å²) in [5, 5.41) is 2.19.